The van der Waals surface area contributed by atoms with Crippen LogP contribution >= 0.6 is 22.9 Å². The van der Waals surface area contributed by atoms with Gasteiger partial charge in [-0.15, -0.1) is 11.3 Å². The molecular formula is C20H15ClN4O3S. The zero-order valence-corrected chi connectivity index (χ0v) is 16.8. The maximum atomic E-state index is 12.7. The summed E-state index contributed by atoms with van der Waals surface area (Å²) in [5, 5.41) is 11.1. The minimum Gasteiger partial charge on any atom is -0.459 e. The van der Waals surface area contributed by atoms with E-state index in [0.717, 1.165) is 22.7 Å². The van der Waals surface area contributed by atoms with Gasteiger partial charge in [-0.1, -0.05) is 17.7 Å². The fraction of sp³-hybridized carbons (Fsp3) is 0.0500. The van der Waals surface area contributed by atoms with E-state index in [1.54, 1.807) is 47.1 Å². The highest BCUT2D eigenvalue weighted by Gasteiger charge is 2.16. The molecule has 0 saturated carbocycles. The zero-order valence-electron chi connectivity index (χ0n) is 15.2. The Kier molecular flexibility index (Phi) is 5.20. The van der Waals surface area contributed by atoms with Crippen molar-refractivity contribution in [1.82, 2.24) is 9.78 Å². The van der Waals surface area contributed by atoms with Gasteiger partial charge in [0.15, 0.2) is 5.76 Å². The largest absolute Gasteiger partial charge is 0.459 e. The Morgan fingerprint density at radius 1 is 1.07 bits per heavy atom. The maximum Gasteiger partial charge on any atom is 0.291 e. The van der Waals surface area contributed by atoms with Gasteiger partial charge in [0, 0.05) is 11.1 Å². The first kappa shape index (κ1) is 19.0. The highest BCUT2D eigenvalue weighted by molar-refractivity contribution is 7.18. The molecule has 0 bridgehead atoms. The molecule has 3 heterocycles. The van der Waals surface area contributed by atoms with Gasteiger partial charge in [-0.2, -0.15) is 5.10 Å². The molecule has 1 aromatic carbocycles. The number of carbonyl (C=O) groups is 2. The van der Waals surface area contributed by atoms with Crippen LogP contribution in [0.25, 0.3) is 5.69 Å². The Morgan fingerprint density at radius 2 is 1.93 bits per heavy atom. The smallest absolute Gasteiger partial charge is 0.291 e. The summed E-state index contributed by atoms with van der Waals surface area (Å²) in [6.45, 7) is 1.84. The summed E-state index contributed by atoms with van der Waals surface area (Å²) < 4.78 is 6.68. The van der Waals surface area contributed by atoms with Crippen LogP contribution in [-0.4, -0.2) is 21.6 Å². The van der Waals surface area contributed by atoms with Gasteiger partial charge in [-0.05, 0) is 49.4 Å². The normalized spacial score (nSPS) is 10.7. The van der Waals surface area contributed by atoms with E-state index in [-0.39, 0.29) is 17.6 Å². The van der Waals surface area contributed by atoms with E-state index in [1.165, 1.54) is 6.26 Å². The van der Waals surface area contributed by atoms with Crippen molar-refractivity contribution in [3.05, 3.63) is 82.2 Å². The summed E-state index contributed by atoms with van der Waals surface area (Å²) >= 11 is 7.23. The maximum absolute atomic E-state index is 12.7. The number of hydrogen-bond acceptors (Lipinski definition) is 5. The molecule has 0 aliphatic carbocycles. The van der Waals surface area contributed by atoms with Crippen molar-refractivity contribution in [2.24, 2.45) is 0 Å². The number of furan rings is 1. The number of halogens is 1. The van der Waals surface area contributed by atoms with Crippen molar-refractivity contribution in [3.8, 4) is 5.69 Å². The molecule has 3 aromatic heterocycles. The Bertz CT molecular complexity index is 1180. The van der Waals surface area contributed by atoms with Crippen LogP contribution in [0.15, 0.2) is 65.3 Å². The SMILES string of the molecule is Cc1cc(NC(=O)c2ccc(NC(=O)c3ccco3)s2)n(-c2cccc(Cl)c2)n1. The first-order valence-electron chi connectivity index (χ1n) is 8.58. The zero-order chi connectivity index (χ0) is 20.4. The number of thiophene rings is 1. The van der Waals surface area contributed by atoms with Gasteiger partial charge in [0.2, 0.25) is 0 Å². The molecule has 0 aliphatic rings. The molecule has 4 aromatic rings. The van der Waals surface area contributed by atoms with Gasteiger partial charge in [-0.3, -0.25) is 9.59 Å². The molecule has 0 saturated heterocycles. The van der Waals surface area contributed by atoms with Gasteiger partial charge in [0.1, 0.15) is 5.82 Å². The Labute approximate surface area is 174 Å². The Balaban J connectivity index is 1.51. The molecule has 2 amide bonds. The summed E-state index contributed by atoms with van der Waals surface area (Å²) in [6.07, 6.45) is 1.42. The molecule has 0 fully saturated rings. The standard InChI is InChI=1S/C20H15ClN4O3S/c1-12-10-17(25(24-12)14-5-2-4-13(21)11-14)22-20(27)16-7-8-18(29-16)23-19(26)15-6-3-9-28-15/h2-11H,1H3,(H,22,27)(H,23,26). The predicted molar refractivity (Wildman–Crippen MR) is 112 cm³/mol. The van der Waals surface area contributed by atoms with E-state index in [0.29, 0.717) is 20.7 Å². The summed E-state index contributed by atoms with van der Waals surface area (Å²) in [4.78, 5) is 25.2. The lowest BCUT2D eigenvalue weighted by atomic mass is 10.3. The van der Waals surface area contributed by atoms with E-state index in [9.17, 15) is 9.59 Å². The number of carbonyl (C=O) groups excluding carboxylic acids is 2. The number of nitrogens with zero attached hydrogens (tertiary/aromatic N) is 2. The van der Waals surface area contributed by atoms with Crippen LogP contribution in [0.4, 0.5) is 10.8 Å². The second kappa shape index (κ2) is 7.94. The third-order valence-electron chi connectivity index (χ3n) is 3.94. The van der Waals surface area contributed by atoms with Gasteiger partial charge >= 0.3 is 0 Å². The van der Waals surface area contributed by atoms with Crippen molar-refractivity contribution in [3.63, 3.8) is 0 Å². The third-order valence-corrected chi connectivity index (χ3v) is 5.17. The van der Waals surface area contributed by atoms with E-state index >= 15 is 0 Å². The molecule has 146 valence electrons. The lowest BCUT2D eigenvalue weighted by Gasteiger charge is -2.08. The summed E-state index contributed by atoms with van der Waals surface area (Å²) in [5.41, 5.74) is 1.48. The molecule has 0 spiro atoms. The van der Waals surface area contributed by atoms with Gasteiger partial charge in [0.05, 0.1) is 27.5 Å². The van der Waals surface area contributed by atoms with Crippen LogP contribution in [0, 0.1) is 6.92 Å². The monoisotopic (exact) mass is 426 g/mol. The molecule has 0 unspecified atom stereocenters. The van der Waals surface area contributed by atoms with E-state index in [1.807, 2.05) is 19.1 Å². The fourth-order valence-electron chi connectivity index (χ4n) is 2.68. The number of amides is 2. The highest BCUT2D eigenvalue weighted by Crippen LogP contribution is 2.25. The molecule has 2 N–H and O–H groups in total. The number of hydrogen-bond donors (Lipinski definition) is 2. The topological polar surface area (TPSA) is 89.2 Å². The van der Waals surface area contributed by atoms with Crippen molar-refractivity contribution in [2.45, 2.75) is 6.92 Å². The van der Waals surface area contributed by atoms with E-state index in [2.05, 4.69) is 15.7 Å². The molecule has 4 rings (SSSR count). The number of benzene rings is 1. The molecule has 7 nitrogen and oxygen atoms in total. The molecular weight excluding hydrogens is 412 g/mol. The minimum atomic E-state index is -0.376. The summed E-state index contributed by atoms with van der Waals surface area (Å²) in [5.74, 6) is 0.0322. The summed E-state index contributed by atoms with van der Waals surface area (Å²) in [6, 6.07) is 15.5. The van der Waals surface area contributed by atoms with Crippen molar-refractivity contribution in [2.75, 3.05) is 10.6 Å². The number of aromatic nitrogens is 2. The molecule has 9 heteroatoms. The number of nitrogens with one attached hydrogen (secondary N) is 2. The lowest BCUT2D eigenvalue weighted by Crippen LogP contribution is -2.14. The fourth-order valence-corrected chi connectivity index (χ4v) is 3.66. The summed E-state index contributed by atoms with van der Waals surface area (Å²) in [7, 11) is 0. The minimum absolute atomic E-state index is 0.199. The molecule has 29 heavy (non-hydrogen) atoms. The molecule has 0 radical (unpaired) electrons. The van der Waals surface area contributed by atoms with Crippen LogP contribution in [0.3, 0.4) is 0 Å². The number of aryl methyl sites for hydroxylation is 1. The average molecular weight is 427 g/mol. The first-order chi connectivity index (χ1) is 14.0. The van der Waals surface area contributed by atoms with E-state index < -0.39 is 0 Å². The quantitative estimate of drug-likeness (QED) is 0.470. The third kappa shape index (κ3) is 4.23. The van der Waals surface area contributed by atoms with Crippen LogP contribution in [0.5, 0.6) is 0 Å². The Morgan fingerprint density at radius 3 is 2.69 bits per heavy atom. The van der Waals surface area contributed by atoms with Crippen LogP contribution in [0.2, 0.25) is 5.02 Å². The second-order valence-corrected chi connectivity index (χ2v) is 7.63. The second-order valence-electron chi connectivity index (χ2n) is 6.11. The number of rotatable bonds is 5. The van der Waals surface area contributed by atoms with Crippen LogP contribution in [0.1, 0.15) is 25.9 Å². The molecule has 0 aliphatic heterocycles. The first-order valence-corrected chi connectivity index (χ1v) is 9.78. The van der Waals surface area contributed by atoms with E-state index in [4.69, 9.17) is 16.0 Å². The van der Waals surface area contributed by atoms with Crippen molar-refractivity contribution in [1.29, 1.82) is 0 Å². The predicted octanol–water partition coefficient (Wildman–Crippen LogP) is 4.99. The lowest BCUT2D eigenvalue weighted by molar-refractivity contribution is 0.0995. The van der Waals surface area contributed by atoms with Crippen LogP contribution in [-0.2, 0) is 0 Å². The van der Waals surface area contributed by atoms with Crippen LogP contribution < -0.4 is 10.6 Å². The van der Waals surface area contributed by atoms with Crippen molar-refractivity contribution >= 4 is 45.6 Å². The Hall–Kier alpha value is -3.36. The van der Waals surface area contributed by atoms with Gasteiger partial charge in [-0.25, -0.2) is 4.68 Å². The van der Waals surface area contributed by atoms with Crippen molar-refractivity contribution < 1.29 is 14.0 Å². The van der Waals surface area contributed by atoms with Gasteiger partial charge < -0.3 is 15.1 Å². The highest BCUT2D eigenvalue weighted by atomic mass is 35.5. The average Bonchev–Trinajstić information content (AvgIpc) is 3.42. The van der Waals surface area contributed by atoms with Gasteiger partial charge in [0.25, 0.3) is 11.8 Å². The number of anilines is 2. The molecule has 0 atom stereocenters.